The molecule has 3 nitrogen and oxygen atoms in total. The topological polar surface area (TPSA) is 42.0 Å². The minimum absolute atomic E-state index is 0.0221. The first kappa shape index (κ1) is 10.1. The number of carbonyl (C=O) groups excluding carboxylic acids is 1. The van der Waals surface area contributed by atoms with Crippen molar-refractivity contribution in [3.8, 4) is 0 Å². The smallest absolute Gasteiger partial charge is 0.225 e. The predicted octanol–water partition coefficient (Wildman–Crippen LogP) is 1.65. The monoisotopic (exact) mass is 196 g/mol. The first-order valence-corrected chi connectivity index (χ1v) is 4.68. The Morgan fingerprint density at radius 1 is 1.69 bits per heavy atom. The Hall–Kier alpha value is -1.03. The molecule has 0 bridgehead atoms. The third-order valence-corrected chi connectivity index (χ3v) is 1.88. The van der Waals surface area contributed by atoms with E-state index in [4.69, 9.17) is 0 Å². The van der Waals surface area contributed by atoms with Crippen LogP contribution in [0.1, 0.15) is 12.0 Å². The Balaban J connectivity index is 2.63. The van der Waals surface area contributed by atoms with E-state index < -0.39 is 0 Å². The average Bonchev–Trinajstić information content (AvgIpc) is 2.09. The number of hydrogen-bond acceptors (Lipinski definition) is 3. The number of anilines is 1. The highest BCUT2D eigenvalue weighted by Gasteiger charge is 2.02. The van der Waals surface area contributed by atoms with Crippen LogP contribution in [0.2, 0.25) is 0 Å². The van der Waals surface area contributed by atoms with Gasteiger partial charge in [-0.05, 0) is 24.3 Å². The lowest BCUT2D eigenvalue weighted by Gasteiger charge is -2.05. The molecule has 0 saturated heterocycles. The second-order valence-electron chi connectivity index (χ2n) is 2.71. The van der Waals surface area contributed by atoms with Crippen LogP contribution < -0.4 is 5.32 Å². The van der Waals surface area contributed by atoms with Crippen molar-refractivity contribution < 1.29 is 4.79 Å². The van der Waals surface area contributed by atoms with Crippen LogP contribution in [0.25, 0.3) is 0 Å². The Morgan fingerprint density at radius 3 is 3.08 bits per heavy atom. The van der Waals surface area contributed by atoms with Crippen LogP contribution in [0, 0.1) is 6.92 Å². The summed E-state index contributed by atoms with van der Waals surface area (Å²) >= 11 is 3.98. The van der Waals surface area contributed by atoms with Crippen molar-refractivity contribution in [3.05, 3.63) is 24.0 Å². The van der Waals surface area contributed by atoms with E-state index >= 15 is 0 Å². The van der Waals surface area contributed by atoms with E-state index in [0.717, 1.165) is 11.3 Å². The molecule has 0 atom stereocenters. The van der Waals surface area contributed by atoms with Crippen molar-refractivity contribution in [3.63, 3.8) is 0 Å². The van der Waals surface area contributed by atoms with Gasteiger partial charge in [0.1, 0.15) is 0 Å². The van der Waals surface area contributed by atoms with Crippen LogP contribution in [0.4, 0.5) is 5.69 Å². The van der Waals surface area contributed by atoms with Crippen LogP contribution in [0.15, 0.2) is 18.5 Å². The van der Waals surface area contributed by atoms with Crippen LogP contribution in [0.5, 0.6) is 0 Å². The molecule has 70 valence electrons. The number of nitrogens with one attached hydrogen (secondary N) is 1. The zero-order valence-corrected chi connectivity index (χ0v) is 8.34. The van der Waals surface area contributed by atoms with E-state index in [0.29, 0.717) is 12.2 Å². The summed E-state index contributed by atoms with van der Waals surface area (Å²) in [5.41, 5.74) is 1.79. The highest BCUT2D eigenvalue weighted by molar-refractivity contribution is 7.80. The number of thiol groups is 1. The summed E-state index contributed by atoms with van der Waals surface area (Å²) in [6.45, 7) is 1.93. The van der Waals surface area contributed by atoms with Crippen LogP contribution in [-0.2, 0) is 4.79 Å². The van der Waals surface area contributed by atoms with E-state index in [1.807, 2.05) is 13.0 Å². The lowest BCUT2D eigenvalue weighted by atomic mass is 10.2. The first-order chi connectivity index (χ1) is 6.24. The Bertz CT molecular complexity index is 301. The van der Waals surface area contributed by atoms with Gasteiger partial charge in [0, 0.05) is 12.6 Å². The molecule has 1 N–H and O–H groups in total. The highest BCUT2D eigenvalue weighted by Crippen LogP contribution is 2.11. The maximum Gasteiger partial charge on any atom is 0.225 e. The van der Waals surface area contributed by atoms with E-state index in [1.54, 1.807) is 12.4 Å². The Labute approximate surface area is 83.0 Å². The zero-order valence-electron chi connectivity index (χ0n) is 7.45. The molecule has 0 fully saturated rings. The fourth-order valence-electron chi connectivity index (χ4n) is 0.909. The number of aromatic nitrogens is 1. The van der Waals surface area contributed by atoms with Gasteiger partial charge >= 0.3 is 0 Å². The fraction of sp³-hybridized carbons (Fsp3) is 0.333. The summed E-state index contributed by atoms with van der Waals surface area (Å²) in [5.74, 6) is 0.539. The molecule has 13 heavy (non-hydrogen) atoms. The predicted molar refractivity (Wildman–Crippen MR) is 56.1 cm³/mol. The fourth-order valence-corrected chi connectivity index (χ4v) is 1.11. The first-order valence-electron chi connectivity index (χ1n) is 4.05. The van der Waals surface area contributed by atoms with Gasteiger partial charge in [0.2, 0.25) is 5.91 Å². The van der Waals surface area contributed by atoms with Gasteiger partial charge in [-0.1, -0.05) is 0 Å². The van der Waals surface area contributed by atoms with Crippen LogP contribution in [0.3, 0.4) is 0 Å². The van der Waals surface area contributed by atoms with E-state index in [-0.39, 0.29) is 5.91 Å². The lowest BCUT2D eigenvalue weighted by molar-refractivity contribution is -0.115. The number of carbonyl (C=O) groups is 1. The van der Waals surface area contributed by atoms with Gasteiger partial charge in [0.25, 0.3) is 0 Å². The maximum atomic E-state index is 11.2. The largest absolute Gasteiger partial charge is 0.324 e. The van der Waals surface area contributed by atoms with Crippen molar-refractivity contribution >= 4 is 24.2 Å². The Kier molecular flexibility index (Phi) is 3.76. The molecule has 0 spiro atoms. The summed E-state index contributed by atoms with van der Waals surface area (Å²) in [5, 5.41) is 2.76. The third kappa shape index (κ3) is 3.06. The van der Waals surface area contributed by atoms with Gasteiger partial charge in [0.05, 0.1) is 11.9 Å². The summed E-state index contributed by atoms with van der Waals surface area (Å²) < 4.78 is 0. The van der Waals surface area contributed by atoms with Crippen LogP contribution >= 0.6 is 12.6 Å². The van der Waals surface area contributed by atoms with Gasteiger partial charge in [0.15, 0.2) is 0 Å². The van der Waals surface area contributed by atoms with Gasteiger partial charge in [-0.15, -0.1) is 0 Å². The number of nitrogens with zero attached hydrogens (tertiary/aromatic N) is 1. The third-order valence-electron chi connectivity index (χ3n) is 1.65. The van der Waals surface area contributed by atoms with Gasteiger partial charge < -0.3 is 5.32 Å². The number of aryl methyl sites for hydroxylation is 1. The van der Waals surface area contributed by atoms with Gasteiger partial charge in [-0.3, -0.25) is 9.78 Å². The molecule has 1 rings (SSSR count). The highest BCUT2D eigenvalue weighted by atomic mass is 32.1. The zero-order chi connectivity index (χ0) is 9.68. The van der Waals surface area contributed by atoms with Gasteiger partial charge in [-0.2, -0.15) is 12.6 Å². The summed E-state index contributed by atoms with van der Waals surface area (Å²) in [6.07, 6.45) is 3.77. The van der Waals surface area contributed by atoms with Crippen molar-refractivity contribution in [2.24, 2.45) is 0 Å². The number of rotatable bonds is 3. The van der Waals surface area contributed by atoms with Crippen LogP contribution in [-0.4, -0.2) is 16.6 Å². The molecule has 0 aliphatic rings. The second kappa shape index (κ2) is 4.87. The number of amides is 1. The second-order valence-corrected chi connectivity index (χ2v) is 3.16. The molecule has 0 unspecified atom stereocenters. The molecule has 0 aromatic carbocycles. The Morgan fingerprint density at radius 2 is 2.46 bits per heavy atom. The molecule has 1 aromatic heterocycles. The SMILES string of the molecule is Cc1ccncc1NC(=O)CCS. The molecule has 1 aromatic rings. The number of pyridine rings is 1. The summed E-state index contributed by atoms with van der Waals surface area (Å²) in [4.78, 5) is 15.1. The van der Waals surface area contributed by atoms with Crippen molar-refractivity contribution in [2.75, 3.05) is 11.1 Å². The molecule has 0 aliphatic carbocycles. The normalized spacial score (nSPS) is 9.69. The molecular weight excluding hydrogens is 184 g/mol. The molecule has 0 aliphatic heterocycles. The molecule has 0 saturated carbocycles. The summed E-state index contributed by atoms with van der Waals surface area (Å²) in [7, 11) is 0. The molecule has 0 radical (unpaired) electrons. The van der Waals surface area contributed by atoms with E-state index in [1.165, 1.54) is 0 Å². The maximum absolute atomic E-state index is 11.2. The molecule has 1 heterocycles. The average molecular weight is 196 g/mol. The van der Waals surface area contributed by atoms with Crippen molar-refractivity contribution in [1.29, 1.82) is 0 Å². The minimum atomic E-state index is -0.0221. The summed E-state index contributed by atoms with van der Waals surface area (Å²) in [6, 6.07) is 1.86. The minimum Gasteiger partial charge on any atom is -0.324 e. The van der Waals surface area contributed by atoms with Gasteiger partial charge in [-0.25, -0.2) is 0 Å². The lowest BCUT2D eigenvalue weighted by Crippen LogP contribution is -2.12. The number of hydrogen-bond donors (Lipinski definition) is 2. The van der Waals surface area contributed by atoms with Crippen molar-refractivity contribution in [1.82, 2.24) is 4.98 Å². The molecule has 1 amide bonds. The van der Waals surface area contributed by atoms with E-state index in [2.05, 4.69) is 22.9 Å². The quantitative estimate of drug-likeness (QED) is 0.722. The molecule has 4 heteroatoms. The standard InChI is InChI=1S/C9H12N2OS/c1-7-2-4-10-6-8(7)11-9(12)3-5-13/h2,4,6,13H,3,5H2,1H3,(H,11,12). The van der Waals surface area contributed by atoms with Crippen molar-refractivity contribution in [2.45, 2.75) is 13.3 Å². The van der Waals surface area contributed by atoms with E-state index in [9.17, 15) is 4.79 Å². The molecular formula is C9H12N2OS.